The summed E-state index contributed by atoms with van der Waals surface area (Å²) in [4.78, 5) is 0. The van der Waals surface area contributed by atoms with Crippen molar-refractivity contribution in [2.45, 2.75) is 13.2 Å². The van der Waals surface area contributed by atoms with Crippen molar-refractivity contribution in [3.8, 4) is 0 Å². The lowest BCUT2D eigenvalue weighted by molar-refractivity contribution is 0.213. The summed E-state index contributed by atoms with van der Waals surface area (Å²) < 4.78 is 46.8. The van der Waals surface area contributed by atoms with E-state index in [0.717, 1.165) is 0 Å². The molecule has 0 aliphatic rings. The van der Waals surface area contributed by atoms with Crippen molar-refractivity contribution >= 4 is 8.25 Å². The van der Waals surface area contributed by atoms with Gasteiger partial charge in [-0.05, 0) is 35.4 Å². The SMILES string of the molecule is O=[P+](OCc1ccc(F)cc1)OCc1ccc(F)cc1. The first-order chi connectivity index (χ1) is 9.63. The highest BCUT2D eigenvalue weighted by molar-refractivity contribution is 7.33. The van der Waals surface area contributed by atoms with Gasteiger partial charge in [-0.1, -0.05) is 24.3 Å². The molecule has 0 amide bonds. The summed E-state index contributed by atoms with van der Waals surface area (Å²) in [6, 6.07) is 11.3. The number of hydrogen-bond acceptors (Lipinski definition) is 3. The Bertz CT molecular complexity index is 518. The van der Waals surface area contributed by atoms with Gasteiger partial charge in [0.15, 0.2) is 0 Å². The molecule has 0 unspecified atom stereocenters. The number of halogens is 2. The van der Waals surface area contributed by atoms with Gasteiger partial charge in [-0.15, -0.1) is 9.05 Å². The maximum absolute atomic E-state index is 12.7. The van der Waals surface area contributed by atoms with Crippen molar-refractivity contribution in [1.29, 1.82) is 0 Å². The first-order valence-electron chi connectivity index (χ1n) is 5.85. The third-order valence-electron chi connectivity index (χ3n) is 2.50. The van der Waals surface area contributed by atoms with Crippen LogP contribution in [0.25, 0.3) is 0 Å². The van der Waals surface area contributed by atoms with Crippen LogP contribution in [-0.4, -0.2) is 0 Å². The fourth-order valence-corrected chi connectivity index (χ4v) is 2.04. The molecule has 104 valence electrons. The molecule has 0 aliphatic heterocycles. The highest BCUT2D eigenvalue weighted by Crippen LogP contribution is 2.27. The van der Waals surface area contributed by atoms with Crippen LogP contribution in [0.5, 0.6) is 0 Å². The van der Waals surface area contributed by atoms with E-state index in [1.54, 1.807) is 24.3 Å². The van der Waals surface area contributed by atoms with Crippen LogP contribution in [0.2, 0.25) is 0 Å². The Balaban J connectivity index is 1.75. The molecule has 2 aromatic carbocycles. The molecule has 0 N–H and O–H groups in total. The summed E-state index contributed by atoms with van der Waals surface area (Å²) in [5.74, 6) is -0.684. The van der Waals surface area contributed by atoms with Gasteiger partial charge in [-0.2, -0.15) is 0 Å². The highest BCUT2D eigenvalue weighted by atomic mass is 31.1. The molecule has 0 radical (unpaired) electrons. The van der Waals surface area contributed by atoms with Crippen molar-refractivity contribution in [3.05, 3.63) is 71.3 Å². The van der Waals surface area contributed by atoms with Gasteiger partial charge in [0.1, 0.15) is 24.8 Å². The van der Waals surface area contributed by atoms with Crippen LogP contribution in [0, 0.1) is 11.6 Å². The Morgan fingerprint density at radius 3 is 1.45 bits per heavy atom. The molecule has 0 fully saturated rings. The lowest BCUT2D eigenvalue weighted by Gasteiger charge is -1.96. The van der Waals surface area contributed by atoms with Crippen LogP contribution in [0.3, 0.4) is 0 Å². The lowest BCUT2D eigenvalue weighted by Crippen LogP contribution is -1.90. The van der Waals surface area contributed by atoms with Crippen LogP contribution in [-0.2, 0) is 26.8 Å². The molecule has 0 spiro atoms. The molecule has 0 saturated heterocycles. The maximum Gasteiger partial charge on any atom is 0.698 e. The molecule has 3 nitrogen and oxygen atoms in total. The highest BCUT2D eigenvalue weighted by Gasteiger charge is 2.20. The Morgan fingerprint density at radius 2 is 1.10 bits per heavy atom. The van der Waals surface area contributed by atoms with Crippen molar-refractivity contribution in [1.82, 2.24) is 0 Å². The van der Waals surface area contributed by atoms with Gasteiger partial charge in [0.2, 0.25) is 0 Å². The minimum Gasteiger partial charge on any atom is -0.207 e. The van der Waals surface area contributed by atoms with E-state index in [4.69, 9.17) is 9.05 Å². The largest absolute Gasteiger partial charge is 0.698 e. The zero-order valence-corrected chi connectivity index (χ0v) is 11.4. The van der Waals surface area contributed by atoms with E-state index in [2.05, 4.69) is 0 Å². The molecule has 2 aromatic rings. The Morgan fingerprint density at radius 1 is 0.750 bits per heavy atom. The molecular weight excluding hydrogens is 285 g/mol. The zero-order valence-electron chi connectivity index (χ0n) is 10.5. The minimum atomic E-state index is -2.28. The van der Waals surface area contributed by atoms with Crippen molar-refractivity contribution < 1.29 is 22.4 Å². The fourth-order valence-electron chi connectivity index (χ4n) is 1.45. The number of rotatable bonds is 6. The van der Waals surface area contributed by atoms with Crippen LogP contribution < -0.4 is 0 Å². The standard InChI is InChI=1S/C14H12F2O3P/c15-13-5-1-11(2-6-13)9-18-20(17)19-10-12-3-7-14(16)8-4-12/h1-8H,9-10H2/q+1. The molecule has 20 heavy (non-hydrogen) atoms. The van der Waals surface area contributed by atoms with Crippen LogP contribution in [0.1, 0.15) is 11.1 Å². The molecular formula is C14H12F2O3P+. The third kappa shape index (κ3) is 4.78. The Labute approximate surface area is 116 Å². The van der Waals surface area contributed by atoms with Gasteiger partial charge in [-0.25, -0.2) is 8.78 Å². The normalized spacial score (nSPS) is 10.5. The van der Waals surface area contributed by atoms with E-state index in [1.807, 2.05) is 0 Å². The number of hydrogen-bond donors (Lipinski definition) is 0. The zero-order chi connectivity index (χ0) is 14.4. The molecule has 0 aliphatic carbocycles. The first kappa shape index (κ1) is 14.7. The molecule has 0 aromatic heterocycles. The van der Waals surface area contributed by atoms with Gasteiger partial charge in [0.25, 0.3) is 0 Å². The van der Waals surface area contributed by atoms with E-state index >= 15 is 0 Å². The quantitative estimate of drug-likeness (QED) is 0.743. The van der Waals surface area contributed by atoms with E-state index in [0.29, 0.717) is 11.1 Å². The second-order valence-corrected chi connectivity index (χ2v) is 4.99. The molecule has 0 saturated carbocycles. The molecule has 2 rings (SSSR count). The average molecular weight is 297 g/mol. The van der Waals surface area contributed by atoms with E-state index in [-0.39, 0.29) is 24.8 Å². The topological polar surface area (TPSA) is 35.5 Å². The first-order valence-corrected chi connectivity index (χ1v) is 6.95. The van der Waals surface area contributed by atoms with Crippen molar-refractivity contribution in [2.75, 3.05) is 0 Å². The van der Waals surface area contributed by atoms with Gasteiger partial charge in [0.05, 0.1) is 0 Å². The smallest absolute Gasteiger partial charge is 0.207 e. The summed E-state index contributed by atoms with van der Waals surface area (Å²) in [6.07, 6.45) is 0. The summed E-state index contributed by atoms with van der Waals surface area (Å²) >= 11 is 0. The van der Waals surface area contributed by atoms with Gasteiger partial charge in [-0.3, -0.25) is 0 Å². The van der Waals surface area contributed by atoms with Crippen molar-refractivity contribution in [2.24, 2.45) is 0 Å². The molecule has 0 atom stereocenters. The Hall–Kier alpha value is -1.68. The van der Waals surface area contributed by atoms with Crippen LogP contribution in [0.15, 0.2) is 48.5 Å². The second-order valence-electron chi connectivity index (χ2n) is 4.02. The predicted octanol–water partition coefficient (Wildman–Crippen LogP) is 4.36. The lowest BCUT2D eigenvalue weighted by atomic mass is 10.2. The summed E-state index contributed by atoms with van der Waals surface area (Å²) in [7, 11) is -2.28. The summed E-state index contributed by atoms with van der Waals surface area (Å²) in [5, 5.41) is 0. The second kappa shape index (κ2) is 7.20. The number of benzene rings is 2. The average Bonchev–Trinajstić information content (AvgIpc) is 2.46. The molecule has 6 heteroatoms. The van der Waals surface area contributed by atoms with Gasteiger partial charge in [0, 0.05) is 4.57 Å². The summed E-state index contributed by atoms with van der Waals surface area (Å²) in [6.45, 7) is 0.137. The van der Waals surface area contributed by atoms with E-state index < -0.39 is 8.25 Å². The van der Waals surface area contributed by atoms with E-state index in [1.165, 1.54) is 24.3 Å². The Kier molecular flexibility index (Phi) is 5.30. The van der Waals surface area contributed by atoms with Crippen molar-refractivity contribution in [3.63, 3.8) is 0 Å². The monoisotopic (exact) mass is 297 g/mol. The molecule has 0 heterocycles. The fraction of sp³-hybridized carbons (Fsp3) is 0.143. The molecule has 0 bridgehead atoms. The summed E-state index contributed by atoms with van der Waals surface area (Å²) in [5.41, 5.74) is 1.39. The van der Waals surface area contributed by atoms with Gasteiger partial charge >= 0.3 is 8.25 Å². The van der Waals surface area contributed by atoms with Gasteiger partial charge < -0.3 is 0 Å². The van der Waals surface area contributed by atoms with Crippen LogP contribution >= 0.6 is 8.25 Å². The third-order valence-corrected chi connectivity index (χ3v) is 3.18. The van der Waals surface area contributed by atoms with Crippen LogP contribution in [0.4, 0.5) is 8.78 Å². The minimum absolute atomic E-state index is 0.0684. The maximum atomic E-state index is 12.7. The predicted molar refractivity (Wildman–Crippen MR) is 70.0 cm³/mol. The van der Waals surface area contributed by atoms with E-state index in [9.17, 15) is 13.3 Å².